The number of hydrogen-bond donors (Lipinski definition) is 5. The van der Waals surface area contributed by atoms with Gasteiger partial charge in [-0.3, -0.25) is 0 Å². The smallest absolute Gasteiger partial charge is 0.220 e. The van der Waals surface area contributed by atoms with Crippen molar-refractivity contribution in [3.05, 3.63) is 89.5 Å². The minimum atomic E-state index is -0.356. The Balaban J connectivity index is 1.77. The number of benzene rings is 3. The second kappa shape index (κ2) is 10.9. The molecule has 1 unspecified atom stereocenters. The highest BCUT2D eigenvalue weighted by Crippen LogP contribution is 2.17. The van der Waals surface area contributed by atoms with Crippen LogP contribution in [0.2, 0.25) is 0 Å². The van der Waals surface area contributed by atoms with E-state index in [1.165, 1.54) is 0 Å². The first-order valence-corrected chi connectivity index (χ1v) is 10.5. The molecular formula is C25H31N7. The first kappa shape index (κ1) is 22.7. The van der Waals surface area contributed by atoms with Crippen molar-refractivity contribution in [3.63, 3.8) is 0 Å². The maximum atomic E-state index is 6.13. The fraction of sp³-hybridized carbons (Fsp3) is 0.200. The standard InChI is InChI=1S/C25H31N7/c1-17-10-4-7-13-20(17)28-16-23(29-21-14-8-5-11-18(21)2)31-25(27)32-24(26)30-22-15-9-6-12-19(22)3/h4-15,23,28-29H,16H2,1-3H3,(H5,26,27,30,31,32). The van der Waals surface area contributed by atoms with Gasteiger partial charge in [0.1, 0.15) is 6.17 Å². The summed E-state index contributed by atoms with van der Waals surface area (Å²) >= 11 is 0. The zero-order valence-corrected chi connectivity index (χ0v) is 18.8. The van der Waals surface area contributed by atoms with E-state index in [1.54, 1.807) is 0 Å². The summed E-state index contributed by atoms with van der Waals surface area (Å²) < 4.78 is 0. The number of nitrogens with one attached hydrogen (secondary N) is 3. The number of aliphatic imine (C=N–C) groups is 2. The molecule has 0 spiro atoms. The molecule has 3 aromatic carbocycles. The predicted molar refractivity (Wildman–Crippen MR) is 136 cm³/mol. The van der Waals surface area contributed by atoms with Crippen molar-refractivity contribution in [2.24, 2.45) is 21.5 Å². The van der Waals surface area contributed by atoms with E-state index in [2.05, 4.69) is 38.9 Å². The molecule has 0 fully saturated rings. The molecule has 0 bridgehead atoms. The van der Waals surface area contributed by atoms with Gasteiger partial charge in [0.15, 0.2) is 0 Å². The van der Waals surface area contributed by atoms with Crippen molar-refractivity contribution in [2.75, 3.05) is 22.5 Å². The molecule has 7 N–H and O–H groups in total. The molecule has 7 heteroatoms. The summed E-state index contributed by atoms with van der Waals surface area (Å²) in [7, 11) is 0. The van der Waals surface area contributed by atoms with Crippen LogP contribution < -0.4 is 27.4 Å². The predicted octanol–water partition coefficient (Wildman–Crippen LogP) is 4.20. The van der Waals surface area contributed by atoms with Crippen molar-refractivity contribution in [1.29, 1.82) is 0 Å². The van der Waals surface area contributed by atoms with E-state index >= 15 is 0 Å². The van der Waals surface area contributed by atoms with Gasteiger partial charge in [0.05, 0.1) is 6.54 Å². The quantitative estimate of drug-likeness (QED) is 0.285. The summed E-state index contributed by atoms with van der Waals surface area (Å²) in [6, 6.07) is 24.0. The van der Waals surface area contributed by atoms with Crippen LogP contribution in [-0.4, -0.2) is 24.6 Å². The lowest BCUT2D eigenvalue weighted by molar-refractivity contribution is 0.793. The number of rotatable bonds is 7. The van der Waals surface area contributed by atoms with Crippen LogP contribution >= 0.6 is 0 Å². The summed E-state index contributed by atoms with van der Waals surface area (Å²) in [5, 5.41) is 9.95. The van der Waals surface area contributed by atoms with Crippen molar-refractivity contribution in [1.82, 2.24) is 0 Å². The van der Waals surface area contributed by atoms with Gasteiger partial charge in [-0.15, -0.1) is 0 Å². The van der Waals surface area contributed by atoms with Crippen LogP contribution in [0.1, 0.15) is 16.7 Å². The minimum absolute atomic E-state index is 0.0845. The fourth-order valence-corrected chi connectivity index (χ4v) is 3.21. The molecular weight excluding hydrogens is 398 g/mol. The first-order valence-electron chi connectivity index (χ1n) is 10.5. The van der Waals surface area contributed by atoms with Crippen molar-refractivity contribution >= 4 is 29.0 Å². The molecule has 7 nitrogen and oxygen atoms in total. The number of para-hydroxylation sites is 3. The van der Waals surface area contributed by atoms with E-state index in [1.807, 2.05) is 80.6 Å². The third-order valence-corrected chi connectivity index (χ3v) is 5.03. The van der Waals surface area contributed by atoms with Crippen molar-refractivity contribution < 1.29 is 0 Å². The third-order valence-electron chi connectivity index (χ3n) is 5.03. The molecule has 32 heavy (non-hydrogen) atoms. The number of hydrogen-bond acceptors (Lipinski definition) is 3. The molecule has 3 aromatic rings. The monoisotopic (exact) mass is 429 g/mol. The zero-order chi connectivity index (χ0) is 22.9. The van der Waals surface area contributed by atoms with Gasteiger partial charge in [0.25, 0.3) is 0 Å². The van der Waals surface area contributed by atoms with Gasteiger partial charge in [0, 0.05) is 17.1 Å². The molecule has 0 aliphatic rings. The van der Waals surface area contributed by atoms with Crippen LogP contribution in [0.25, 0.3) is 0 Å². The maximum Gasteiger partial charge on any atom is 0.220 e. The highest BCUT2D eigenvalue weighted by atomic mass is 15.2. The summed E-state index contributed by atoms with van der Waals surface area (Å²) in [5.74, 6) is 0.267. The molecule has 0 radical (unpaired) electrons. The molecule has 0 aliphatic heterocycles. The molecule has 3 rings (SSSR count). The van der Waals surface area contributed by atoms with Crippen molar-refractivity contribution in [2.45, 2.75) is 26.9 Å². The Bertz CT molecular complexity index is 1100. The van der Waals surface area contributed by atoms with Gasteiger partial charge in [-0.25, -0.2) is 4.99 Å². The summed E-state index contributed by atoms with van der Waals surface area (Å²) in [6.07, 6.45) is -0.356. The maximum absolute atomic E-state index is 6.13. The second-order valence-corrected chi connectivity index (χ2v) is 7.60. The molecule has 166 valence electrons. The van der Waals surface area contributed by atoms with Crippen LogP contribution in [0.5, 0.6) is 0 Å². The Kier molecular flexibility index (Phi) is 7.70. The van der Waals surface area contributed by atoms with E-state index < -0.39 is 0 Å². The van der Waals surface area contributed by atoms with Crippen LogP contribution in [-0.2, 0) is 0 Å². The van der Waals surface area contributed by atoms with Gasteiger partial charge in [-0.2, -0.15) is 4.99 Å². The molecule has 0 aromatic heterocycles. The molecule has 0 amide bonds. The molecule has 0 saturated carbocycles. The molecule has 0 aliphatic carbocycles. The Hall–Kier alpha value is -4.00. The molecule has 1 atom stereocenters. The van der Waals surface area contributed by atoms with Crippen LogP contribution in [0, 0.1) is 20.8 Å². The molecule has 0 heterocycles. The Morgan fingerprint density at radius 3 is 1.81 bits per heavy atom. The summed E-state index contributed by atoms with van der Waals surface area (Å²) in [4.78, 5) is 8.81. The fourth-order valence-electron chi connectivity index (χ4n) is 3.21. The van der Waals surface area contributed by atoms with Gasteiger partial charge < -0.3 is 27.4 Å². The van der Waals surface area contributed by atoms with E-state index in [9.17, 15) is 0 Å². The number of nitrogens with zero attached hydrogens (tertiary/aromatic N) is 2. The second-order valence-electron chi connectivity index (χ2n) is 7.60. The third kappa shape index (κ3) is 6.50. The Morgan fingerprint density at radius 1 is 0.750 bits per heavy atom. The lowest BCUT2D eigenvalue weighted by atomic mass is 10.2. The first-order chi connectivity index (χ1) is 15.4. The SMILES string of the molecule is Cc1ccccc1NCC(N=C(N)N=C(N)Nc1ccccc1C)Nc1ccccc1C. The lowest BCUT2D eigenvalue weighted by Crippen LogP contribution is -2.31. The average Bonchev–Trinajstić information content (AvgIpc) is 2.76. The summed E-state index contributed by atoms with van der Waals surface area (Å²) in [6.45, 7) is 6.61. The van der Waals surface area contributed by atoms with Gasteiger partial charge >= 0.3 is 0 Å². The van der Waals surface area contributed by atoms with Crippen molar-refractivity contribution in [3.8, 4) is 0 Å². The Morgan fingerprint density at radius 2 is 1.25 bits per heavy atom. The normalized spacial score (nSPS) is 12.8. The van der Waals surface area contributed by atoms with Crippen LogP contribution in [0.4, 0.5) is 17.1 Å². The molecule has 0 saturated heterocycles. The largest absolute Gasteiger partial charge is 0.381 e. The highest BCUT2D eigenvalue weighted by Gasteiger charge is 2.10. The number of guanidine groups is 2. The summed E-state index contributed by atoms with van der Waals surface area (Å²) in [5.41, 5.74) is 18.4. The van der Waals surface area contributed by atoms with Crippen LogP contribution in [0.15, 0.2) is 82.8 Å². The number of aryl methyl sites for hydroxylation is 3. The van der Waals surface area contributed by atoms with E-state index in [0.717, 1.165) is 33.8 Å². The topological polar surface area (TPSA) is 113 Å². The van der Waals surface area contributed by atoms with Gasteiger partial charge in [0.2, 0.25) is 11.9 Å². The zero-order valence-electron chi connectivity index (χ0n) is 18.8. The Labute approximate surface area is 189 Å². The van der Waals surface area contributed by atoms with E-state index in [0.29, 0.717) is 6.54 Å². The minimum Gasteiger partial charge on any atom is -0.381 e. The number of anilines is 3. The van der Waals surface area contributed by atoms with Gasteiger partial charge in [-0.1, -0.05) is 54.6 Å². The van der Waals surface area contributed by atoms with Gasteiger partial charge in [-0.05, 0) is 55.7 Å². The average molecular weight is 430 g/mol. The lowest BCUT2D eigenvalue weighted by Gasteiger charge is -2.20. The number of nitrogens with two attached hydrogens (primary N) is 2. The highest BCUT2D eigenvalue weighted by molar-refractivity contribution is 6.01. The van der Waals surface area contributed by atoms with Crippen LogP contribution in [0.3, 0.4) is 0 Å². The van der Waals surface area contributed by atoms with E-state index in [4.69, 9.17) is 11.5 Å². The van der Waals surface area contributed by atoms with E-state index in [-0.39, 0.29) is 18.1 Å².